The Morgan fingerprint density at radius 2 is 1.92 bits per heavy atom. The number of hydrogen-bond donors (Lipinski definition) is 2. The highest BCUT2D eigenvalue weighted by atomic mass is 127. The first-order valence-electron chi connectivity index (χ1n) is 7.20. The summed E-state index contributed by atoms with van der Waals surface area (Å²) in [5.41, 5.74) is 8.48. The average molecular weight is 489 g/mol. The molecule has 0 radical (unpaired) electrons. The standard InChI is InChI=1S/C16H16IN3O5S/c1-10-3-5-12(6-4-10)26(22,23)25-15-13(17)7-11(8-14(15)24-2)9-19-20-16(18)21/h3-9H,1-2H3,(H3,18,20,21)/b19-9+. The minimum atomic E-state index is -4.02. The summed E-state index contributed by atoms with van der Waals surface area (Å²) in [5.74, 6) is 0.266. The number of carbonyl (C=O) groups excluding carboxylic acids is 1. The molecule has 138 valence electrons. The zero-order chi connectivity index (χ0) is 19.3. The topological polar surface area (TPSA) is 120 Å². The van der Waals surface area contributed by atoms with Crippen LogP contribution in [-0.4, -0.2) is 27.8 Å². The van der Waals surface area contributed by atoms with Crippen molar-refractivity contribution in [2.45, 2.75) is 11.8 Å². The Morgan fingerprint density at radius 3 is 2.50 bits per heavy atom. The van der Waals surface area contributed by atoms with Gasteiger partial charge in [-0.2, -0.15) is 13.5 Å². The first-order chi connectivity index (χ1) is 12.2. The summed E-state index contributed by atoms with van der Waals surface area (Å²) in [6.07, 6.45) is 1.34. The molecule has 2 amide bonds. The average Bonchev–Trinajstić information content (AvgIpc) is 2.57. The van der Waals surface area contributed by atoms with Crippen molar-refractivity contribution in [2.75, 3.05) is 7.11 Å². The van der Waals surface area contributed by atoms with Crippen LogP contribution in [0, 0.1) is 10.5 Å². The fraction of sp³-hybridized carbons (Fsp3) is 0.125. The van der Waals surface area contributed by atoms with Crippen LogP contribution < -0.4 is 20.1 Å². The number of primary amides is 1. The molecule has 0 aliphatic rings. The van der Waals surface area contributed by atoms with E-state index in [1.807, 2.05) is 29.5 Å². The molecule has 8 nitrogen and oxygen atoms in total. The molecular weight excluding hydrogens is 473 g/mol. The quantitative estimate of drug-likeness (QED) is 0.280. The van der Waals surface area contributed by atoms with Gasteiger partial charge in [0, 0.05) is 0 Å². The number of hydrogen-bond acceptors (Lipinski definition) is 6. The van der Waals surface area contributed by atoms with E-state index >= 15 is 0 Å². The molecule has 0 atom stereocenters. The third-order valence-corrected chi connectivity index (χ3v) is 5.18. The van der Waals surface area contributed by atoms with Crippen molar-refractivity contribution in [2.24, 2.45) is 10.8 Å². The smallest absolute Gasteiger partial charge is 0.339 e. The number of nitrogens with zero attached hydrogens (tertiary/aromatic N) is 1. The van der Waals surface area contributed by atoms with E-state index in [1.165, 1.54) is 31.5 Å². The van der Waals surface area contributed by atoms with Gasteiger partial charge in [0.2, 0.25) is 0 Å². The van der Waals surface area contributed by atoms with E-state index in [1.54, 1.807) is 18.2 Å². The maximum Gasteiger partial charge on any atom is 0.339 e. The Kier molecular flexibility index (Phi) is 6.42. The van der Waals surface area contributed by atoms with Gasteiger partial charge in [0.25, 0.3) is 0 Å². The first-order valence-corrected chi connectivity index (χ1v) is 9.69. The highest BCUT2D eigenvalue weighted by Gasteiger charge is 2.21. The number of rotatable bonds is 6. The molecule has 0 heterocycles. The number of carbonyl (C=O) groups is 1. The fourth-order valence-corrected chi connectivity index (χ4v) is 3.77. The number of urea groups is 1. The highest BCUT2D eigenvalue weighted by molar-refractivity contribution is 14.1. The van der Waals surface area contributed by atoms with Gasteiger partial charge in [-0.05, 0) is 59.3 Å². The van der Waals surface area contributed by atoms with Crippen molar-refractivity contribution in [3.63, 3.8) is 0 Å². The highest BCUT2D eigenvalue weighted by Crippen LogP contribution is 2.35. The second-order valence-corrected chi connectivity index (χ2v) is 7.83. The van der Waals surface area contributed by atoms with E-state index in [9.17, 15) is 13.2 Å². The van der Waals surface area contributed by atoms with Gasteiger partial charge in [0.05, 0.1) is 16.9 Å². The van der Waals surface area contributed by atoms with Crippen LogP contribution in [0.5, 0.6) is 11.5 Å². The minimum absolute atomic E-state index is 0.0391. The normalized spacial score (nSPS) is 11.3. The predicted molar refractivity (Wildman–Crippen MR) is 105 cm³/mol. The van der Waals surface area contributed by atoms with Crippen LogP contribution in [0.15, 0.2) is 46.4 Å². The lowest BCUT2D eigenvalue weighted by Gasteiger charge is -2.13. The van der Waals surface area contributed by atoms with E-state index in [0.717, 1.165) is 5.56 Å². The molecule has 0 saturated heterocycles. The van der Waals surface area contributed by atoms with E-state index in [2.05, 4.69) is 10.5 Å². The van der Waals surface area contributed by atoms with Crippen molar-refractivity contribution < 1.29 is 22.1 Å². The van der Waals surface area contributed by atoms with Gasteiger partial charge in [-0.1, -0.05) is 17.7 Å². The molecule has 0 aliphatic carbocycles. The summed E-state index contributed by atoms with van der Waals surface area (Å²) < 4.78 is 36.0. The van der Waals surface area contributed by atoms with Gasteiger partial charge in [0.1, 0.15) is 4.90 Å². The second-order valence-electron chi connectivity index (χ2n) is 5.12. The van der Waals surface area contributed by atoms with Gasteiger partial charge >= 0.3 is 16.1 Å². The number of halogens is 1. The Balaban J connectivity index is 2.35. The maximum absolute atomic E-state index is 12.5. The summed E-state index contributed by atoms with van der Waals surface area (Å²) in [5, 5.41) is 3.65. The summed E-state index contributed by atoms with van der Waals surface area (Å²) in [7, 11) is -2.63. The zero-order valence-corrected chi connectivity index (χ0v) is 16.9. The molecule has 0 spiro atoms. The van der Waals surface area contributed by atoms with E-state index in [-0.39, 0.29) is 16.4 Å². The number of methoxy groups -OCH3 is 1. The second kappa shape index (κ2) is 8.36. The summed E-state index contributed by atoms with van der Waals surface area (Å²) in [6.45, 7) is 1.86. The summed E-state index contributed by atoms with van der Waals surface area (Å²) in [6, 6.07) is 8.66. The third-order valence-electron chi connectivity index (χ3n) is 3.14. The molecule has 3 N–H and O–H groups in total. The van der Waals surface area contributed by atoms with Gasteiger partial charge in [-0.3, -0.25) is 0 Å². The molecule has 2 rings (SSSR count). The zero-order valence-electron chi connectivity index (χ0n) is 13.9. The molecule has 0 unspecified atom stereocenters. The largest absolute Gasteiger partial charge is 0.493 e. The van der Waals surface area contributed by atoms with Crippen LogP contribution in [0.25, 0.3) is 0 Å². The van der Waals surface area contributed by atoms with Crippen LogP contribution in [0.3, 0.4) is 0 Å². The number of hydrazone groups is 1. The van der Waals surface area contributed by atoms with Gasteiger partial charge < -0.3 is 14.7 Å². The number of ether oxygens (including phenoxy) is 1. The van der Waals surface area contributed by atoms with Crippen LogP contribution in [0.2, 0.25) is 0 Å². The SMILES string of the molecule is COc1cc(/C=N/NC(N)=O)cc(I)c1OS(=O)(=O)c1ccc(C)cc1. The van der Waals surface area contributed by atoms with Crippen molar-refractivity contribution in [3.05, 3.63) is 51.1 Å². The molecular formula is C16H16IN3O5S. The molecule has 0 aromatic heterocycles. The lowest BCUT2D eigenvalue weighted by atomic mass is 10.2. The molecule has 26 heavy (non-hydrogen) atoms. The third kappa shape index (κ3) is 5.08. The van der Waals surface area contributed by atoms with Crippen LogP contribution >= 0.6 is 22.6 Å². The number of amides is 2. The van der Waals surface area contributed by atoms with Gasteiger partial charge in [0.15, 0.2) is 11.5 Å². The van der Waals surface area contributed by atoms with E-state index in [0.29, 0.717) is 9.13 Å². The van der Waals surface area contributed by atoms with Gasteiger partial charge in [-0.25, -0.2) is 10.2 Å². The lowest BCUT2D eigenvalue weighted by Crippen LogP contribution is -2.24. The minimum Gasteiger partial charge on any atom is -0.493 e. The first kappa shape index (κ1) is 20.0. The summed E-state index contributed by atoms with van der Waals surface area (Å²) in [4.78, 5) is 10.7. The molecule has 0 aliphatic heterocycles. The van der Waals surface area contributed by atoms with Crippen molar-refractivity contribution in [3.8, 4) is 11.5 Å². The maximum atomic E-state index is 12.5. The van der Waals surface area contributed by atoms with Crippen LogP contribution in [0.4, 0.5) is 4.79 Å². The Labute approximate surface area is 164 Å². The Hall–Kier alpha value is -2.34. The number of nitrogens with two attached hydrogens (primary N) is 1. The Bertz CT molecular complexity index is 943. The molecule has 2 aromatic carbocycles. The van der Waals surface area contributed by atoms with Crippen LogP contribution in [-0.2, 0) is 10.1 Å². The van der Waals surface area contributed by atoms with Crippen molar-refractivity contribution in [1.82, 2.24) is 5.43 Å². The van der Waals surface area contributed by atoms with Gasteiger partial charge in [-0.15, -0.1) is 0 Å². The van der Waals surface area contributed by atoms with E-state index < -0.39 is 16.1 Å². The Morgan fingerprint density at radius 1 is 1.27 bits per heavy atom. The molecule has 0 bridgehead atoms. The number of nitrogens with one attached hydrogen (secondary N) is 1. The number of aryl methyl sites for hydroxylation is 1. The van der Waals surface area contributed by atoms with Crippen molar-refractivity contribution in [1.29, 1.82) is 0 Å². The van der Waals surface area contributed by atoms with E-state index in [4.69, 9.17) is 14.7 Å². The molecule has 0 saturated carbocycles. The van der Waals surface area contributed by atoms with Crippen LogP contribution in [0.1, 0.15) is 11.1 Å². The number of benzene rings is 2. The fourth-order valence-electron chi connectivity index (χ4n) is 1.93. The van der Waals surface area contributed by atoms with Crippen molar-refractivity contribution >= 4 is 45.0 Å². The summed E-state index contributed by atoms with van der Waals surface area (Å²) >= 11 is 1.92. The molecule has 2 aromatic rings. The lowest BCUT2D eigenvalue weighted by molar-refractivity contribution is 0.249. The monoisotopic (exact) mass is 489 g/mol. The predicted octanol–water partition coefficient (Wildman–Crippen LogP) is 2.38. The molecule has 10 heteroatoms. The molecule has 0 fully saturated rings.